The van der Waals surface area contributed by atoms with Crippen LogP contribution in [0, 0.1) is 0 Å². The van der Waals surface area contributed by atoms with Gasteiger partial charge in [0.1, 0.15) is 0 Å². The third-order valence-electron chi connectivity index (χ3n) is 4.58. The zero-order chi connectivity index (χ0) is 18.0. The van der Waals surface area contributed by atoms with Crippen LogP contribution in [-0.2, 0) is 0 Å². The number of benzene rings is 2. The van der Waals surface area contributed by atoms with Gasteiger partial charge in [-0.2, -0.15) is 0 Å². The second-order valence-electron chi connectivity index (χ2n) is 6.39. The smallest absolute Gasteiger partial charge is 0.255 e. The quantitative estimate of drug-likeness (QED) is 0.658. The molecule has 1 saturated heterocycles. The van der Waals surface area contributed by atoms with E-state index in [2.05, 4.69) is 33.1 Å². The summed E-state index contributed by atoms with van der Waals surface area (Å²) in [6, 6.07) is 11.2. The molecular formula is C19H21BrClN3O. The van der Waals surface area contributed by atoms with Gasteiger partial charge in [-0.15, -0.1) is 0 Å². The number of nitrogens with zero attached hydrogens (tertiary/aromatic N) is 1. The van der Waals surface area contributed by atoms with E-state index >= 15 is 0 Å². The van der Waals surface area contributed by atoms with Gasteiger partial charge in [-0.25, -0.2) is 0 Å². The van der Waals surface area contributed by atoms with Gasteiger partial charge in [0.05, 0.1) is 22.1 Å². The topological polar surface area (TPSA) is 58.4 Å². The van der Waals surface area contributed by atoms with Crippen molar-refractivity contribution < 1.29 is 4.79 Å². The molecule has 1 atom stereocenters. The zero-order valence-electron chi connectivity index (χ0n) is 14.1. The van der Waals surface area contributed by atoms with Crippen molar-refractivity contribution in [1.82, 2.24) is 0 Å². The van der Waals surface area contributed by atoms with Gasteiger partial charge in [0.15, 0.2) is 0 Å². The summed E-state index contributed by atoms with van der Waals surface area (Å²) in [6.45, 7) is 3.17. The second-order valence-corrected chi connectivity index (χ2v) is 7.71. The Balaban J connectivity index is 1.87. The number of hydrogen-bond donors (Lipinski definition) is 2. The first-order valence-electron chi connectivity index (χ1n) is 8.38. The molecule has 132 valence electrons. The van der Waals surface area contributed by atoms with E-state index in [1.807, 2.05) is 18.2 Å². The Morgan fingerprint density at radius 3 is 2.68 bits per heavy atom. The normalized spacial score (nSPS) is 17.4. The SMILES string of the molecule is CC1CCCCN1c1cc(NC(=O)c2ccc(Br)cc2)c(Cl)cc1N. The molecule has 1 fully saturated rings. The largest absolute Gasteiger partial charge is 0.397 e. The average molecular weight is 423 g/mol. The lowest BCUT2D eigenvalue weighted by Gasteiger charge is -2.36. The summed E-state index contributed by atoms with van der Waals surface area (Å²) in [5.41, 5.74) is 8.92. The van der Waals surface area contributed by atoms with Crippen LogP contribution in [0.2, 0.25) is 5.02 Å². The van der Waals surface area contributed by atoms with Crippen LogP contribution >= 0.6 is 27.5 Å². The minimum absolute atomic E-state index is 0.197. The van der Waals surface area contributed by atoms with Crippen LogP contribution in [-0.4, -0.2) is 18.5 Å². The number of carbonyl (C=O) groups excluding carboxylic acids is 1. The Kier molecular flexibility index (Phi) is 5.54. The third-order valence-corrected chi connectivity index (χ3v) is 5.42. The van der Waals surface area contributed by atoms with Gasteiger partial charge < -0.3 is 16.0 Å². The van der Waals surface area contributed by atoms with Gasteiger partial charge in [-0.3, -0.25) is 4.79 Å². The molecule has 0 spiro atoms. The highest BCUT2D eigenvalue weighted by Crippen LogP contribution is 2.36. The van der Waals surface area contributed by atoms with Crippen molar-refractivity contribution in [1.29, 1.82) is 0 Å². The van der Waals surface area contributed by atoms with Crippen LogP contribution in [0.3, 0.4) is 0 Å². The molecule has 6 heteroatoms. The molecule has 1 heterocycles. The number of halogens is 2. The summed E-state index contributed by atoms with van der Waals surface area (Å²) in [6.07, 6.45) is 3.52. The highest BCUT2D eigenvalue weighted by atomic mass is 79.9. The fourth-order valence-corrected chi connectivity index (χ4v) is 3.66. The van der Waals surface area contributed by atoms with E-state index in [1.165, 1.54) is 6.42 Å². The Hall–Kier alpha value is -1.72. The molecular weight excluding hydrogens is 402 g/mol. The maximum absolute atomic E-state index is 12.5. The molecule has 0 bridgehead atoms. The Labute approximate surface area is 161 Å². The van der Waals surface area contributed by atoms with Crippen molar-refractivity contribution in [2.75, 3.05) is 22.5 Å². The predicted molar refractivity (Wildman–Crippen MR) is 109 cm³/mol. The Morgan fingerprint density at radius 2 is 2.00 bits per heavy atom. The lowest BCUT2D eigenvalue weighted by Crippen LogP contribution is -2.37. The Bertz CT molecular complexity index is 779. The summed E-state index contributed by atoms with van der Waals surface area (Å²) >= 11 is 9.68. The van der Waals surface area contributed by atoms with E-state index in [4.69, 9.17) is 17.3 Å². The lowest BCUT2D eigenvalue weighted by atomic mass is 10.0. The van der Waals surface area contributed by atoms with Gasteiger partial charge >= 0.3 is 0 Å². The van der Waals surface area contributed by atoms with E-state index in [0.717, 1.165) is 29.5 Å². The molecule has 0 radical (unpaired) electrons. The molecule has 25 heavy (non-hydrogen) atoms. The zero-order valence-corrected chi connectivity index (χ0v) is 16.4. The number of piperidine rings is 1. The summed E-state index contributed by atoms with van der Waals surface area (Å²) in [4.78, 5) is 14.8. The van der Waals surface area contributed by atoms with Crippen molar-refractivity contribution in [2.45, 2.75) is 32.2 Å². The molecule has 0 aromatic heterocycles. The summed E-state index contributed by atoms with van der Waals surface area (Å²) < 4.78 is 0.927. The van der Waals surface area contributed by atoms with Crippen LogP contribution < -0.4 is 16.0 Å². The molecule has 0 aliphatic carbocycles. The monoisotopic (exact) mass is 421 g/mol. The number of amides is 1. The van der Waals surface area contributed by atoms with Crippen molar-refractivity contribution in [2.24, 2.45) is 0 Å². The number of nitrogens with one attached hydrogen (secondary N) is 1. The number of nitrogen functional groups attached to an aromatic ring is 1. The van der Waals surface area contributed by atoms with Crippen LogP contribution in [0.4, 0.5) is 17.1 Å². The standard InChI is InChI=1S/C19H21BrClN3O/c1-12-4-2-3-9-24(12)18-11-17(15(21)10-16(18)22)23-19(25)13-5-7-14(20)8-6-13/h5-8,10-12H,2-4,9,22H2,1H3,(H,23,25). The van der Waals surface area contributed by atoms with E-state index in [9.17, 15) is 4.79 Å². The second kappa shape index (κ2) is 7.67. The van der Waals surface area contributed by atoms with Crippen molar-refractivity contribution >= 4 is 50.5 Å². The molecule has 3 N–H and O–H groups in total. The first kappa shape index (κ1) is 18.1. The third kappa shape index (κ3) is 4.10. The van der Waals surface area contributed by atoms with Gasteiger partial charge in [0.2, 0.25) is 0 Å². The fraction of sp³-hybridized carbons (Fsp3) is 0.316. The number of carbonyl (C=O) groups is 1. The van der Waals surface area contributed by atoms with Crippen LogP contribution in [0.15, 0.2) is 40.9 Å². The van der Waals surface area contributed by atoms with Gasteiger partial charge in [-0.05, 0) is 62.6 Å². The molecule has 4 nitrogen and oxygen atoms in total. The molecule has 2 aromatic rings. The number of hydrogen-bond acceptors (Lipinski definition) is 3. The minimum atomic E-state index is -0.197. The molecule has 1 unspecified atom stereocenters. The molecule has 2 aromatic carbocycles. The molecule has 1 amide bonds. The summed E-state index contributed by atoms with van der Waals surface area (Å²) in [7, 11) is 0. The predicted octanol–water partition coefficient (Wildman–Crippen LogP) is 5.32. The highest BCUT2D eigenvalue weighted by molar-refractivity contribution is 9.10. The van der Waals surface area contributed by atoms with Gasteiger partial charge in [-0.1, -0.05) is 27.5 Å². The molecule has 1 aliphatic heterocycles. The number of rotatable bonds is 3. The van der Waals surface area contributed by atoms with Crippen molar-refractivity contribution in [3.8, 4) is 0 Å². The van der Waals surface area contributed by atoms with Gasteiger partial charge in [0, 0.05) is 22.6 Å². The highest BCUT2D eigenvalue weighted by Gasteiger charge is 2.22. The van der Waals surface area contributed by atoms with E-state index in [-0.39, 0.29) is 5.91 Å². The van der Waals surface area contributed by atoms with Crippen LogP contribution in [0.1, 0.15) is 36.5 Å². The van der Waals surface area contributed by atoms with Gasteiger partial charge in [0.25, 0.3) is 5.91 Å². The lowest BCUT2D eigenvalue weighted by molar-refractivity contribution is 0.102. The summed E-state index contributed by atoms with van der Waals surface area (Å²) in [5.74, 6) is -0.197. The average Bonchev–Trinajstić information content (AvgIpc) is 2.58. The first-order valence-corrected chi connectivity index (χ1v) is 9.55. The van der Waals surface area contributed by atoms with Crippen molar-refractivity contribution in [3.63, 3.8) is 0 Å². The Morgan fingerprint density at radius 1 is 1.28 bits per heavy atom. The van der Waals surface area contributed by atoms with E-state index in [1.54, 1.807) is 18.2 Å². The molecule has 0 saturated carbocycles. The maximum atomic E-state index is 12.5. The molecule has 1 aliphatic rings. The van der Waals surface area contributed by atoms with Crippen molar-refractivity contribution in [3.05, 3.63) is 51.5 Å². The van der Waals surface area contributed by atoms with E-state index < -0.39 is 0 Å². The van der Waals surface area contributed by atoms with Crippen LogP contribution in [0.25, 0.3) is 0 Å². The summed E-state index contributed by atoms with van der Waals surface area (Å²) in [5, 5.41) is 3.34. The fourth-order valence-electron chi connectivity index (χ4n) is 3.17. The number of nitrogens with two attached hydrogens (primary N) is 1. The van der Waals surface area contributed by atoms with Crippen LogP contribution in [0.5, 0.6) is 0 Å². The molecule has 3 rings (SSSR count). The maximum Gasteiger partial charge on any atom is 0.255 e. The van der Waals surface area contributed by atoms with E-state index in [0.29, 0.717) is 28.0 Å². The number of anilines is 3. The first-order chi connectivity index (χ1) is 12.0. The minimum Gasteiger partial charge on any atom is -0.397 e.